The zero-order valence-electron chi connectivity index (χ0n) is 22.8. The van der Waals surface area contributed by atoms with E-state index in [1.54, 1.807) is 6.20 Å². The smallest absolute Gasteiger partial charge is 0.328 e. The highest BCUT2D eigenvalue weighted by Gasteiger charge is 2.32. The number of unbranched alkanes of at least 4 members (excludes halogenated alkanes) is 1. The van der Waals surface area contributed by atoms with Crippen LogP contribution in [0, 0.1) is 5.92 Å². The first kappa shape index (κ1) is 31.7. The Hall–Kier alpha value is -3.48. The number of carboxylic acids is 1. The Labute approximate surface area is 228 Å². The molecule has 39 heavy (non-hydrogen) atoms. The predicted octanol–water partition coefficient (Wildman–Crippen LogP) is 0.133. The lowest BCUT2D eigenvalue weighted by molar-refractivity contribution is -0.145. The first-order chi connectivity index (χ1) is 18.4. The van der Waals surface area contributed by atoms with Crippen LogP contribution in [0.3, 0.4) is 0 Å². The number of amides is 3. The van der Waals surface area contributed by atoms with Gasteiger partial charge in [0.2, 0.25) is 17.7 Å². The van der Waals surface area contributed by atoms with Crippen molar-refractivity contribution in [3.63, 3.8) is 0 Å². The Morgan fingerprint density at radius 1 is 0.949 bits per heavy atom. The number of aliphatic hydroxyl groups is 1. The quantitative estimate of drug-likeness (QED) is 0.135. The van der Waals surface area contributed by atoms with Gasteiger partial charge < -0.3 is 42.6 Å². The number of fused-ring (bicyclic) bond motifs is 1. The number of carbonyl (C=O) groups excluding carboxylic acids is 3. The van der Waals surface area contributed by atoms with E-state index < -0.39 is 54.0 Å². The average molecular weight is 547 g/mol. The zero-order chi connectivity index (χ0) is 29.1. The average Bonchev–Trinajstić information content (AvgIpc) is 3.28. The molecule has 1 aromatic carbocycles. The van der Waals surface area contributed by atoms with E-state index in [-0.39, 0.29) is 18.8 Å². The molecule has 1 heterocycles. The Morgan fingerprint density at radius 2 is 1.59 bits per heavy atom. The number of aromatic amines is 1. The van der Waals surface area contributed by atoms with Gasteiger partial charge in [-0.3, -0.25) is 14.4 Å². The monoisotopic (exact) mass is 546 g/mol. The van der Waals surface area contributed by atoms with E-state index in [4.69, 9.17) is 11.5 Å². The van der Waals surface area contributed by atoms with Crippen molar-refractivity contribution >= 4 is 34.6 Å². The highest BCUT2D eigenvalue weighted by molar-refractivity contribution is 5.94. The highest BCUT2D eigenvalue weighted by atomic mass is 16.4. The molecule has 0 saturated carbocycles. The number of carbonyl (C=O) groups is 4. The third-order valence-corrected chi connectivity index (χ3v) is 6.42. The summed E-state index contributed by atoms with van der Waals surface area (Å²) in [5.41, 5.74) is 13.6. The molecule has 2 aromatic rings. The fourth-order valence-electron chi connectivity index (χ4n) is 4.29. The number of hydrogen-bond donors (Lipinski definition) is 8. The van der Waals surface area contributed by atoms with Gasteiger partial charge in [-0.15, -0.1) is 0 Å². The second-order valence-corrected chi connectivity index (χ2v) is 10.3. The third-order valence-electron chi connectivity index (χ3n) is 6.42. The summed E-state index contributed by atoms with van der Waals surface area (Å²) in [5, 5.41) is 27.7. The summed E-state index contributed by atoms with van der Waals surface area (Å²) in [5.74, 6) is -3.22. The van der Waals surface area contributed by atoms with Crippen molar-refractivity contribution in [1.82, 2.24) is 20.9 Å². The molecule has 0 saturated heterocycles. The lowest BCUT2D eigenvalue weighted by Gasteiger charge is -2.26. The Balaban J connectivity index is 2.13. The van der Waals surface area contributed by atoms with Crippen LogP contribution in [0.1, 0.15) is 52.0 Å². The molecule has 0 spiro atoms. The van der Waals surface area contributed by atoms with Crippen molar-refractivity contribution in [2.24, 2.45) is 17.4 Å². The number of benzene rings is 1. The maximum Gasteiger partial charge on any atom is 0.328 e. The van der Waals surface area contributed by atoms with Crippen LogP contribution < -0.4 is 27.4 Å². The lowest BCUT2D eigenvalue weighted by atomic mass is 10.00. The van der Waals surface area contributed by atoms with Crippen LogP contribution in [0.4, 0.5) is 0 Å². The van der Waals surface area contributed by atoms with E-state index in [1.807, 2.05) is 38.1 Å². The number of aliphatic hydroxyl groups excluding tert-OH is 1. The van der Waals surface area contributed by atoms with E-state index in [9.17, 15) is 29.4 Å². The van der Waals surface area contributed by atoms with E-state index >= 15 is 0 Å². The molecule has 0 aliphatic rings. The summed E-state index contributed by atoms with van der Waals surface area (Å²) >= 11 is 0. The number of rotatable bonds is 16. The van der Waals surface area contributed by atoms with E-state index in [0.717, 1.165) is 16.5 Å². The summed E-state index contributed by atoms with van der Waals surface area (Å²) in [6, 6.07) is 3.14. The van der Waals surface area contributed by atoms with Crippen LogP contribution in [0.5, 0.6) is 0 Å². The number of para-hydroxylation sites is 1. The minimum atomic E-state index is -1.54. The number of nitrogens with one attached hydrogen (secondary N) is 4. The molecule has 12 nitrogen and oxygen atoms in total. The highest BCUT2D eigenvalue weighted by Crippen LogP contribution is 2.19. The minimum Gasteiger partial charge on any atom is -0.480 e. The largest absolute Gasteiger partial charge is 0.480 e. The van der Waals surface area contributed by atoms with Crippen LogP contribution in [-0.2, 0) is 25.6 Å². The van der Waals surface area contributed by atoms with Gasteiger partial charge in [0, 0.05) is 17.1 Å². The molecule has 0 fully saturated rings. The van der Waals surface area contributed by atoms with Crippen molar-refractivity contribution in [1.29, 1.82) is 0 Å². The summed E-state index contributed by atoms with van der Waals surface area (Å²) in [7, 11) is 0. The Bertz CT molecular complexity index is 1120. The lowest BCUT2D eigenvalue weighted by Crippen LogP contribution is -2.58. The van der Waals surface area contributed by atoms with E-state index in [1.165, 1.54) is 6.92 Å². The maximum atomic E-state index is 13.3. The van der Waals surface area contributed by atoms with Gasteiger partial charge in [0.1, 0.15) is 12.1 Å². The Kier molecular flexibility index (Phi) is 12.4. The Morgan fingerprint density at radius 3 is 2.21 bits per heavy atom. The van der Waals surface area contributed by atoms with Crippen LogP contribution in [-0.4, -0.2) is 75.7 Å². The van der Waals surface area contributed by atoms with E-state index in [2.05, 4.69) is 20.9 Å². The maximum absolute atomic E-state index is 13.3. The molecule has 2 rings (SSSR count). The SMILES string of the molecule is CC(C)CC(NC(=O)C(N)Cc1c[nH]c2ccccc12)C(=O)NC(CCCCN)C(=O)NC(C(=O)O)C(C)O. The summed E-state index contributed by atoms with van der Waals surface area (Å²) < 4.78 is 0. The minimum absolute atomic E-state index is 0.0297. The molecule has 216 valence electrons. The fourth-order valence-corrected chi connectivity index (χ4v) is 4.29. The molecule has 12 heteroatoms. The van der Waals surface area contributed by atoms with Gasteiger partial charge in [0.15, 0.2) is 6.04 Å². The van der Waals surface area contributed by atoms with Gasteiger partial charge in [0.25, 0.3) is 0 Å². The van der Waals surface area contributed by atoms with Crippen molar-refractivity contribution in [2.75, 3.05) is 6.54 Å². The van der Waals surface area contributed by atoms with Gasteiger partial charge in [-0.25, -0.2) is 4.79 Å². The fraction of sp³-hybridized carbons (Fsp3) is 0.556. The predicted molar refractivity (Wildman–Crippen MR) is 147 cm³/mol. The molecule has 0 aliphatic heterocycles. The van der Waals surface area contributed by atoms with Crippen molar-refractivity contribution < 1.29 is 29.4 Å². The molecule has 1 aromatic heterocycles. The number of aromatic nitrogens is 1. The van der Waals surface area contributed by atoms with Crippen molar-refractivity contribution in [2.45, 2.75) is 83.1 Å². The number of H-pyrrole nitrogens is 1. The van der Waals surface area contributed by atoms with Gasteiger partial charge in [-0.2, -0.15) is 0 Å². The summed E-state index contributed by atoms with van der Waals surface area (Å²) in [4.78, 5) is 53.8. The van der Waals surface area contributed by atoms with Crippen LogP contribution in [0.15, 0.2) is 30.5 Å². The van der Waals surface area contributed by atoms with Gasteiger partial charge in [0.05, 0.1) is 12.1 Å². The first-order valence-corrected chi connectivity index (χ1v) is 13.3. The molecule has 3 amide bonds. The van der Waals surface area contributed by atoms with Gasteiger partial charge in [-0.1, -0.05) is 32.0 Å². The van der Waals surface area contributed by atoms with Gasteiger partial charge >= 0.3 is 5.97 Å². The van der Waals surface area contributed by atoms with Crippen LogP contribution in [0.2, 0.25) is 0 Å². The molecule has 10 N–H and O–H groups in total. The molecule has 5 atom stereocenters. The molecular weight excluding hydrogens is 504 g/mol. The van der Waals surface area contributed by atoms with Gasteiger partial charge in [-0.05, 0) is 63.1 Å². The van der Waals surface area contributed by atoms with Crippen LogP contribution >= 0.6 is 0 Å². The number of nitrogens with two attached hydrogens (primary N) is 2. The topological polar surface area (TPSA) is 213 Å². The third kappa shape index (κ3) is 9.65. The van der Waals surface area contributed by atoms with Crippen molar-refractivity contribution in [3.05, 3.63) is 36.0 Å². The standard InChI is InChI=1S/C27H42N6O6/c1-15(2)12-22(32-24(35)19(29)13-17-14-30-20-9-5-4-8-18(17)20)26(37)31-21(10-6-7-11-28)25(36)33-23(16(3)34)27(38)39/h4-5,8-9,14-16,19,21-23,30,34H,6-7,10-13,28-29H2,1-3H3,(H,31,37)(H,32,35)(H,33,36)(H,38,39). The summed E-state index contributed by atoms with van der Waals surface area (Å²) in [6.07, 6.45) is 2.29. The molecule has 0 aliphatic carbocycles. The van der Waals surface area contributed by atoms with Crippen LogP contribution in [0.25, 0.3) is 10.9 Å². The van der Waals surface area contributed by atoms with E-state index in [0.29, 0.717) is 25.8 Å². The molecular formula is C27H42N6O6. The van der Waals surface area contributed by atoms with Crippen molar-refractivity contribution in [3.8, 4) is 0 Å². The normalized spacial score (nSPS) is 15.3. The molecule has 5 unspecified atom stereocenters. The number of carboxylic acid groups (broad SMARTS) is 1. The second-order valence-electron chi connectivity index (χ2n) is 10.3. The zero-order valence-corrected chi connectivity index (χ0v) is 22.8. The summed E-state index contributed by atoms with van der Waals surface area (Å²) in [6.45, 7) is 5.41. The second kappa shape index (κ2) is 15.2. The first-order valence-electron chi connectivity index (χ1n) is 13.3. The molecule has 0 bridgehead atoms. The molecule has 0 radical (unpaired) electrons. The number of hydrogen-bond acceptors (Lipinski definition) is 7. The number of aliphatic carboxylic acids is 1.